The molecule has 2 aliphatic rings. The predicted molar refractivity (Wildman–Crippen MR) is 157 cm³/mol. The number of nitrogens with one attached hydrogen (secondary N) is 2. The number of amides is 2. The van der Waals surface area contributed by atoms with Crippen molar-refractivity contribution in [2.45, 2.75) is 57.1 Å². The van der Waals surface area contributed by atoms with Crippen LogP contribution >= 0.6 is 23.2 Å². The molecule has 2 heterocycles. The molecular formula is C30H34Cl2F4N4O3. The van der Waals surface area contributed by atoms with Gasteiger partial charge < -0.3 is 25.2 Å². The minimum absolute atomic E-state index is 0.0261. The standard InChI is InChI=1S/C30H34Cl2F4N4O3/c31-22-14-21(15-23(32)17-22)19-40-13-8-24(38-26(29(40)42)9-12-39-10-2-1-3-11-39)18-37-28(41)7-5-20-4-6-27(25(33)16-20)43-30(34,35)36/h4-7,14-17,24,26,38H,1-3,8-13,18-19H2,(H,37,41)/t24-,26-/m0/s1. The molecule has 234 valence electrons. The van der Waals surface area contributed by atoms with Crippen LogP contribution in [0.2, 0.25) is 10.0 Å². The molecule has 0 bridgehead atoms. The summed E-state index contributed by atoms with van der Waals surface area (Å²) in [5.74, 6) is -2.65. The first-order chi connectivity index (χ1) is 20.4. The molecule has 0 saturated carbocycles. The van der Waals surface area contributed by atoms with Gasteiger partial charge in [-0.25, -0.2) is 4.39 Å². The van der Waals surface area contributed by atoms with Crippen LogP contribution in [-0.4, -0.2) is 72.8 Å². The van der Waals surface area contributed by atoms with Gasteiger partial charge in [-0.15, -0.1) is 13.2 Å². The topological polar surface area (TPSA) is 73.9 Å². The number of halogens is 6. The van der Waals surface area contributed by atoms with Crippen LogP contribution in [0.3, 0.4) is 0 Å². The number of rotatable bonds is 10. The molecule has 2 fully saturated rings. The second-order valence-electron chi connectivity index (χ2n) is 10.7. The van der Waals surface area contributed by atoms with E-state index in [-0.39, 0.29) is 24.1 Å². The molecule has 2 atom stereocenters. The number of benzene rings is 2. The van der Waals surface area contributed by atoms with Crippen molar-refractivity contribution in [3.8, 4) is 5.75 Å². The maximum atomic E-state index is 14.0. The van der Waals surface area contributed by atoms with E-state index >= 15 is 0 Å². The molecule has 0 spiro atoms. The molecule has 2 saturated heterocycles. The van der Waals surface area contributed by atoms with Gasteiger partial charge in [-0.1, -0.05) is 35.7 Å². The zero-order valence-corrected chi connectivity index (χ0v) is 25.0. The number of likely N-dealkylation sites (tertiary alicyclic amines) is 1. The smallest absolute Gasteiger partial charge is 0.403 e. The first-order valence-electron chi connectivity index (χ1n) is 14.2. The van der Waals surface area contributed by atoms with Crippen molar-refractivity contribution in [3.63, 3.8) is 0 Å². The zero-order valence-electron chi connectivity index (χ0n) is 23.4. The molecule has 4 rings (SSSR count). The fourth-order valence-corrected chi connectivity index (χ4v) is 5.88. The van der Waals surface area contributed by atoms with Crippen molar-refractivity contribution in [1.29, 1.82) is 0 Å². The van der Waals surface area contributed by atoms with Crippen LogP contribution in [0, 0.1) is 5.82 Å². The maximum absolute atomic E-state index is 14.0. The average molecular weight is 646 g/mol. The second-order valence-corrected chi connectivity index (χ2v) is 11.6. The molecular weight excluding hydrogens is 611 g/mol. The van der Waals surface area contributed by atoms with Crippen LogP contribution in [-0.2, 0) is 16.1 Å². The van der Waals surface area contributed by atoms with E-state index in [2.05, 4.69) is 20.3 Å². The Hall–Kier alpha value is -2.86. The monoisotopic (exact) mass is 644 g/mol. The van der Waals surface area contributed by atoms with Crippen LogP contribution in [0.4, 0.5) is 17.6 Å². The number of carbonyl (C=O) groups excluding carboxylic acids is 2. The number of carbonyl (C=O) groups is 2. The fourth-order valence-electron chi connectivity index (χ4n) is 5.31. The quantitative estimate of drug-likeness (QED) is 0.253. The SMILES string of the molecule is O=C(C=Cc1ccc(OC(F)(F)F)c(F)c1)NC[C@@H]1CCN(Cc2cc(Cl)cc(Cl)c2)C(=O)[C@H](CCN2CCCCC2)N1. The summed E-state index contributed by atoms with van der Waals surface area (Å²) >= 11 is 12.4. The summed E-state index contributed by atoms with van der Waals surface area (Å²) in [6, 6.07) is 7.47. The van der Waals surface area contributed by atoms with E-state index in [9.17, 15) is 27.2 Å². The first kappa shape index (κ1) is 33.0. The average Bonchev–Trinajstić information content (AvgIpc) is 3.08. The van der Waals surface area contributed by atoms with Gasteiger partial charge in [0.2, 0.25) is 11.8 Å². The number of nitrogens with zero attached hydrogens (tertiary/aromatic N) is 2. The third-order valence-electron chi connectivity index (χ3n) is 7.40. The van der Waals surface area contributed by atoms with Crippen molar-refractivity contribution in [2.75, 3.05) is 32.7 Å². The fraction of sp³-hybridized carbons (Fsp3) is 0.467. The molecule has 0 radical (unpaired) electrons. The Bertz CT molecular complexity index is 1280. The Kier molecular flexibility index (Phi) is 11.7. The second kappa shape index (κ2) is 15.2. The number of piperidine rings is 1. The van der Waals surface area contributed by atoms with Gasteiger partial charge in [-0.05, 0) is 86.3 Å². The summed E-state index contributed by atoms with van der Waals surface area (Å²) in [6.07, 6.45) is 2.16. The van der Waals surface area contributed by atoms with Crippen LogP contribution < -0.4 is 15.4 Å². The van der Waals surface area contributed by atoms with E-state index in [1.54, 1.807) is 23.1 Å². The van der Waals surface area contributed by atoms with Gasteiger partial charge in [0.25, 0.3) is 0 Å². The molecule has 2 aliphatic heterocycles. The molecule has 2 N–H and O–H groups in total. The van der Waals surface area contributed by atoms with Crippen LogP contribution in [0.5, 0.6) is 5.75 Å². The lowest BCUT2D eigenvalue weighted by Gasteiger charge is -2.30. The van der Waals surface area contributed by atoms with E-state index in [1.165, 1.54) is 24.6 Å². The third-order valence-corrected chi connectivity index (χ3v) is 7.84. The van der Waals surface area contributed by atoms with Gasteiger partial charge in [0.1, 0.15) is 0 Å². The van der Waals surface area contributed by atoms with Crippen molar-refractivity contribution < 1.29 is 31.9 Å². The summed E-state index contributed by atoms with van der Waals surface area (Å²) in [5, 5.41) is 7.22. The van der Waals surface area contributed by atoms with Crippen LogP contribution in [0.15, 0.2) is 42.5 Å². The molecule has 13 heteroatoms. The van der Waals surface area contributed by atoms with Crippen LogP contribution in [0.25, 0.3) is 6.08 Å². The molecule has 0 aromatic heterocycles. The Morgan fingerprint density at radius 1 is 1.07 bits per heavy atom. The van der Waals surface area contributed by atoms with E-state index < -0.39 is 29.9 Å². The van der Waals surface area contributed by atoms with Crippen molar-refractivity contribution in [3.05, 3.63) is 69.5 Å². The van der Waals surface area contributed by atoms with Gasteiger partial charge in [0.05, 0.1) is 6.04 Å². The summed E-state index contributed by atoms with van der Waals surface area (Å²) < 4.78 is 54.7. The van der Waals surface area contributed by atoms with Crippen molar-refractivity contribution >= 4 is 41.1 Å². The van der Waals surface area contributed by atoms with E-state index in [1.807, 2.05) is 0 Å². The number of alkyl halides is 3. The lowest BCUT2D eigenvalue weighted by Crippen LogP contribution is -2.50. The lowest BCUT2D eigenvalue weighted by atomic mass is 10.1. The largest absolute Gasteiger partial charge is 0.573 e. The molecule has 0 aliphatic carbocycles. The van der Waals surface area contributed by atoms with Gasteiger partial charge in [-0.3, -0.25) is 9.59 Å². The highest BCUT2D eigenvalue weighted by molar-refractivity contribution is 6.34. The predicted octanol–water partition coefficient (Wildman–Crippen LogP) is 5.80. The first-order valence-corrected chi connectivity index (χ1v) is 14.9. The Morgan fingerprint density at radius 3 is 2.47 bits per heavy atom. The summed E-state index contributed by atoms with van der Waals surface area (Å²) in [4.78, 5) is 30.3. The highest BCUT2D eigenvalue weighted by Gasteiger charge is 2.33. The van der Waals surface area contributed by atoms with Crippen molar-refractivity contribution in [1.82, 2.24) is 20.4 Å². The molecule has 2 aromatic rings. The molecule has 2 aromatic carbocycles. The highest BCUT2D eigenvalue weighted by atomic mass is 35.5. The lowest BCUT2D eigenvalue weighted by molar-refractivity contribution is -0.275. The van der Waals surface area contributed by atoms with E-state index in [0.29, 0.717) is 36.0 Å². The molecule has 2 amide bonds. The van der Waals surface area contributed by atoms with Gasteiger partial charge >= 0.3 is 6.36 Å². The molecule has 0 unspecified atom stereocenters. The minimum Gasteiger partial charge on any atom is -0.403 e. The Morgan fingerprint density at radius 2 is 1.79 bits per heavy atom. The van der Waals surface area contributed by atoms with Crippen molar-refractivity contribution in [2.24, 2.45) is 0 Å². The summed E-state index contributed by atoms with van der Waals surface area (Å²) in [7, 11) is 0. The minimum atomic E-state index is -5.01. The van der Waals surface area contributed by atoms with E-state index in [0.717, 1.165) is 50.2 Å². The van der Waals surface area contributed by atoms with Gasteiger partial charge in [0.15, 0.2) is 11.6 Å². The zero-order chi connectivity index (χ0) is 31.0. The van der Waals surface area contributed by atoms with E-state index in [4.69, 9.17) is 23.2 Å². The highest BCUT2D eigenvalue weighted by Crippen LogP contribution is 2.26. The number of hydrogen-bond acceptors (Lipinski definition) is 5. The Labute approximate surface area is 258 Å². The molecule has 43 heavy (non-hydrogen) atoms. The number of hydrogen-bond donors (Lipinski definition) is 2. The number of ether oxygens (including phenoxy) is 1. The normalized spacial score (nSPS) is 20.3. The summed E-state index contributed by atoms with van der Waals surface area (Å²) in [6.45, 7) is 3.86. The van der Waals surface area contributed by atoms with Gasteiger partial charge in [-0.2, -0.15) is 0 Å². The van der Waals surface area contributed by atoms with Crippen LogP contribution in [0.1, 0.15) is 43.2 Å². The molecule has 7 nitrogen and oxygen atoms in total. The third kappa shape index (κ3) is 10.7. The maximum Gasteiger partial charge on any atom is 0.573 e. The summed E-state index contributed by atoms with van der Waals surface area (Å²) in [5.41, 5.74) is 1.02. The Balaban J connectivity index is 1.37. The van der Waals surface area contributed by atoms with Gasteiger partial charge in [0, 0.05) is 48.3 Å².